The molecule has 1 aromatic rings. The van der Waals surface area contributed by atoms with Crippen molar-refractivity contribution in [3.63, 3.8) is 0 Å². The topological polar surface area (TPSA) is 65.9 Å². The van der Waals surface area contributed by atoms with E-state index in [2.05, 4.69) is 4.98 Å². The first-order valence-corrected chi connectivity index (χ1v) is 5.06. The molecule has 5 heteroatoms. The van der Waals surface area contributed by atoms with Crippen LogP contribution >= 0.6 is 12.2 Å². The maximum atomic E-state index is 11.3. The van der Waals surface area contributed by atoms with E-state index in [4.69, 9.17) is 22.2 Å². The van der Waals surface area contributed by atoms with Crippen LogP contribution in [-0.2, 0) is 9.53 Å². The van der Waals surface area contributed by atoms with Gasteiger partial charge in [0.2, 0.25) is 0 Å². The summed E-state index contributed by atoms with van der Waals surface area (Å²) in [5.41, 5.74) is 0.551. The smallest absolute Gasteiger partial charge is 0.348 e. The lowest BCUT2D eigenvalue weighted by Crippen LogP contribution is -2.06. The normalized spacial score (nSPS) is 10.6. The highest BCUT2D eigenvalue weighted by atomic mass is 32.1. The van der Waals surface area contributed by atoms with Crippen LogP contribution in [0, 0.1) is 16.0 Å². The Kier molecular flexibility index (Phi) is 4.42. The van der Waals surface area contributed by atoms with Gasteiger partial charge in [0.1, 0.15) is 16.3 Å². The molecule has 0 spiro atoms. The summed E-state index contributed by atoms with van der Waals surface area (Å²) in [6.45, 7) is 1.92. The molecule has 0 saturated heterocycles. The van der Waals surface area contributed by atoms with Crippen molar-refractivity contribution in [2.75, 3.05) is 6.61 Å². The van der Waals surface area contributed by atoms with Gasteiger partial charge in [-0.3, -0.25) is 0 Å². The van der Waals surface area contributed by atoms with E-state index in [0.717, 1.165) is 0 Å². The van der Waals surface area contributed by atoms with Crippen LogP contribution in [0.15, 0.2) is 23.9 Å². The fourth-order valence-corrected chi connectivity index (χ4v) is 1.24. The number of aromatic nitrogens is 1. The van der Waals surface area contributed by atoms with Crippen LogP contribution in [0.2, 0.25) is 0 Å². The number of esters is 1. The van der Waals surface area contributed by atoms with Crippen LogP contribution < -0.4 is 0 Å². The zero-order chi connectivity index (χ0) is 12.0. The molecule has 0 atom stereocenters. The monoisotopic (exact) mass is 234 g/mol. The summed E-state index contributed by atoms with van der Waals surface area (Å²) >= 11 is 5.01. The van der Waals surface area contributed by atoms with E-state index in [9.17, 15) is 4.79 Å². The van der Waals surface area contributed by atoms with E-state index in [-0.39, 0.29) is 12.2 Å². The van der Waals surface area contributed by atoms with Crippen LogP contribution in [0.3, 0.4) is 0 Å². The molecule has 0 saturated carbocycles. The minimum Gasteiger partial charge on any atom is -0.462 e. The van der Waals surface area contributed by atoms with Crippen molar-refractivity contribution < 1.29 is 9.53 Å². The van der Waals surface area contributed by atoms with Crippen LogP contribution in [-0.4, -0.2) is 17.6 Å². The van der Waals surface area contributed by atoms with Gasteiger partial charge in [-0.25, -0.2) is 4.79 Å². The first-order chi connectivity index (χ1) is 7.69. The Hall–Kier alpha value is -1.93. The quantitative estimate of drug-likeness (QED) is 0.377. The van der Waals surface area contributed by atoms with Gasteiger partial charge in [0.15, 0.2) is 0 Å². The predicted molar refractivity (Wildman–Crippen MR) is 61.8 cm³/mol. The third kappa shape index (κ3) is 3.04. The van der Waals surface area contributed by atoms with E-state index in [1.54, 1.807) is 31.3 Å². The minimum absolute atomic E-state index is 0.0625. The predicted octanol–water partition coefficient (Wildman–Crippen LogP) is 2.21. The van der Waals surface area contributed by atoms with Crippen molar-refractivity contribution in [2.45, 2.75) is 6.92 Å². The third-order valence-corrected chi connectivity index (χ3v) is 2.12. The van der Waals surface area contributed by atoms with Crippen LogP contribution in [0.1, 0.15) is 12.5 Å². The van der Waals surface area contributed by atoms with Gasteiger partial charge in [-0.2, -0.15) is 5.26 Å². The van der Waals surface area contributed by atoms with Gasteiger partial charge in [0, 0.05) is 11.8 Å². The molecule has 0 aliphatic rings. The lowest BCUT2D eigenvalue weighted by Gasteiger charge is -1.99. The molecule has 0 radical (unpaired) electrons. The van der Waals surface area contributed by atoms with E-state index in [1.807, 2.05) is 0 Å². The highest BCUT2D eigenvalue weighted by Crippen LogP contribution is 2.08. The Morgan fingerprint density at radius 2 is 2.50 bits per heavy atom. The maximum Gasteiger partial charge on any atom is 0.348 e. The van der Waals surface area contributed by atoms with E-state index in [1.165, 1.54) is 6.08 Å². The Bertz CT molecular complexity index is 511. The van der Waals surface area contributed by atoms with E-state index in [0.29, 0.717) is 10.2 Å². The zero-order valence-corrected chi connectivity index (χ0v) is 9.50. The number of nitrogens with one attached hydrogen (secondary N) is 1. The number of hydrogen-bond acceptors (Lipinski definition) is 4. The highest BCUT2D eigenvalue weighted by molar-refractivity contribution is 7.71. The van der Waals surface area contributed by atoms with Crippen LogP contribution in [0.25, 0.3) is 6.08 Å². The minimum atomic E-state index is -0.636. The number of nitriles is 1. The van der Waals surface area contributed by atoms with Gasteiger partial charge < -0.3 is 9.72 Å². The molecular formula is C11H10N2O2S. The molecule has 1 rings (SSSR count). The summed E-state index contributed by atoms with van der Waals surface area (Å²) < 4.78 is 5.20. The molecule has 1 heterocycles. The summed E-state index contributed by atoms with van der Waals surface area (Å²) in [6.07, 6.45) is 3.09. The summed E-state index contributed by atoms with van der Waals surface area (Å²) in [5.74, 6) is -0.636. The molecule has 0 unspecified atom stereocenters. The van der Waals surface area contributed by atoms with Gasteiger partial charge in [-0.15, -0.1) is 0 Å². The van der Waals surface area contributed by atoms with Crippen molar-refractivity contribution in [2.24, 2.45) is 0 Å². The van der Waals surface area contributed by atoms with Crippen LogP contribution in [0.4, 0.5) is 0 Å². The lowest BCUT2D eigenvalue weighted by atomic mass is 10.2. The molecule has 16 heavy (non-hydrogen) atoms. The Balaban J connectivity index is 3.07. The summed E-state index contributed by atoms with van der Waals surface area (Å²) in [7, 11) is 0. The van der Waals surface area contributed by atoms with Crippen LogP contribution in [0.5, 0.6) is 0 Å². The lowest BCUT2D eigenvalue weighted by molar-refractivity contribution is -0.137. The van der Waals surface area contributed by atoms with Gasteiger partial charge in [0.25, 0.3) is 0 Å². The van der Waals surface area contributed by atoms with Gasteiger partial charge in [-0.05, 0) is 19.1 Å². The number of carbonyl (C=O) groups excluding carboxylic acids is 1. The number of carbonyl (C=O) groups is 1. The summed E-state index contributed by atoms with van der Waals surface area (Å²) in [5, 5.41) is 8.81. The fraction of sp³-hybridized carbons (Fsp3) is 0.182. The number of H-pyrrole nitrogens is 1. The van der Waals surface area contributed by atoms with Crippen molar-refractivity contribution in [1.82, 2.24) is 4.98 Å². The van der Waals surface area contributed by atoms with Gasteiger partial charge in [0.05, 0.1) is 6.61 Å². The van der Waals surface area contributed by atoms with Crippen molar-refractivity contribution in [3.05, 3.63) is 34.1 Å². The van der Waals surface area contributed by atoms with Gasteiger partial charge >= 0.3 is 5.97 Å². The summed E-state index contributed by atoms with van der Waals surface area (Å²) in [4.78, 5) is 14.1. The molecule has 0 bridgehead atoms. The number of pyridine rings is 1. The van der Waals surface area contributed by atoms with E-state index >= 15 is 0 Å². The molecule has 0 aliphatic heterocycles. The summed E-state index contributed by atoms with van der Waals surface area (Å²) in [6, 6.07) is 5.24. The van der Waals surface area contributed by atoms with Crippen molar-refractivity contribution in [1.29, 1.82) is 5.26 Å². The second-order valence-corrected chi connectivity index (χ2v) is 3.25. The standard InChI is InChI=1S/C11H10N2O2S/c1-2-15-11(14)9(7-12)6-8-4-3-5-13-10(8)16/h3-6H,2H2,1H3,(H,13,16)/b9-6-. The molecule has 0 aromatic carbocycles. The molecule has 0 aliphatic carbocycles. The molecule has 0 amide bonds. The SMILES string of the molecule is CCOC(=O)/C(C#N)=C\c1ccc[nH]c1=S. The molecule has 4 nitrogen and oxygen atoms in total. The second kappa shape index (κ2) is 5.83. The number of aromatic amines is 1. The number of rotatable bonds is 3. The Labute approximate surface area is 98.2 Å². The Morgan fingerprint density at radius 1 is 1.75 bits per heavy atom. The number of ether oxygens (including phenoxy) is 1. The number of nitrogens with zero attached hydrogens (tertiary/aromatic N) is 1. The van der Waals surface area contributed by atoms with Crippen molar-refractivity contribution in [3.8, 4) is 6.07 Å². The number of hydrogen-bond donors (Lipinski definition) is 1. The highest BCUT2D eigenvalue weighted by Gasteiger charge is 2.09. The fourth-order valence-electron chi connectivity index (χ4n) is 1.05. The average molecular weight is 234 g/mol. The van der Waals surface area contributed by atoms with E-state index < -0.39 is 5.97 Å². The first-order valence-electron chi connectivity index (χ1n) is 4.65. The molecular weight excluding hydrogens is 224 g/mol. The third-order valence-electron chi connectivity index (χ3n) is 1.76. The maximum absolute atomic E-state index is 11.3. The molecule has 0 fully saturated rings. The second-order valence-electron chi connectivity index (χ2n) is 2.84. The molecule has 1 N–H and O–H groups in total. The molecule has 82 valence electrons. The zero-order valence-electron chi connectivity index (χ0n) is 8.69. The first kappa shape index (κ1) is 12.1. The largest absolute Gasteiger partial charge is 0.462 e. The van der Waals surface area contributed by atoms with Gasteiger partial charge in [-0.1, -0.05) is 18.3 Å². The average Bonchev–Trinajstić information content (AvgIpc) is 2.28. The Morgan fingerprint density at radius 3 is 3.06 bits per heavy atom. The molecule has 1 aromatic heterocycles. The van der Waals surface area contributed by atoms with Crippen molar-refractivity contribution >= 4 is 24.3 Å².